The van der Waals surface area contributed by atoms with Gasteiger partial charge in [0.25, 0.3) is 10.7 Å². The number of amides is 1. The summed E-state index contributed by atoms with van der Waals surface area (Å²) in [5.41, 5.74) is 0.223. The van der Waals surface area contributed by atoms with Gasteiger partial charge in [-0.3, -0.25) is 19.7 Å². The van der Waals surface area contributed by atoms with Gasteiger partial charge in [-0.1, -0.05) is 24.8 Å². The maximum atomic E-state index is 11.9. The Hall–Kier alpha value is -2.65. The van der Waals surface area contributed by atoms with E-state index in [4.69, 9.17) is 4.74 Å². The molecule has 23 heavy (non-hydrogen) atoms. The number of carbonyl (C=O) groups is 2. The van der Waals surface area contributed by atoms with Crippen LogP contribution in [0, 0.1) is 0 Å². The molecule has 1 fully saturated rings. The van der Waals surface area contributed by atoms with Crippen molar-refractivity contribution in [2.24, 2.45) is 0 Å². The largest absolute Gasteiger partial charge is 0.414 e. The second kappa shape index (κ2) is 5.86. The minimum atomic E-state index is -1.54. The third kappa shape index (κ3) is 3.41. The predicted molar refractivity (Wildman–Crippen MR) is 85.4 cm³/mol. The molecule has 2 heterocycles. The minimum Gasteiger partial charge on any atom is -0.414 e. The molecule has 1 atom stereocenters. The van der Waals surface area contributed by atoms with Gasteiger partial charge in [0, 0.05) is 6.08 Å². The van der Waals surface area contributed by atoms with Gasteiger partial charge in [0.15, 0.2) is 0 Å². The van der Waals surface area contributed by atoms with Crippen LogP contribution in [0.2, 0.25) is 0 Å². The van der Waals surface area contributed by atoms with E-state index in [2.05, 4.69) is 33.2 Å². The molecule has 0 radical (unpaired) electrons. The smallest absolute Gasteiger partial charge is 0.323 e. The first-order valence-electron chi connectivity index (χ1n) is 6.64. The van der Waals surface area contributed by atoms with Crippen molar-refractivity contribution in [1.29, 1.82) is 0 Å². The Bertz CT molecular complexity index is 878. The molecule has 2 aromatic rings. The Balaban J connectivity index is 1.76. The SMILES string of the molecule is O=C(/C=C\c1nc2ccccc2c(=O)[nH]1)NC1(S)NCC(=O)O1. The summed E-state index contributed by atoms with van der Waals surface area (Å²) < 4.78 is 4.82. The molecule has 3 N–H and O–H groups in total. The van der Waals surface area contributed by atoms with Crippen LogP contribution in [0.4, 0.5) is 0 Å². The zero-order valence-corrected chi connectivity index (χ0v) is 12.6. The van der Waals surface area contributed by atoms with Gasteiger partial charge in [-0.05, 0) is 18.2 Å². The summed E-state index contributed by atoms with van der Waals surface area (Å²) in [6.07, 6.45) is 2.50. The van der Waals surface area contributed by atoms with Crippen LogP contribution in [0.15, 0.2) is 35.1 Å². The van der Waals surface area contributed by atoms with Gasteiger partial charge in [0.1, 0.15) is 5.82 Å². The van der Waals surface area contributed by atoms with Gasteiger partial charge < -0.3 is 9.72 Å². The van der Waals surface area contributed by atoms with Crippen molar-refractivity contribution in [2.75, 3.05) is 6.54 Å². The zero-order valence-electron chi connectivity index (χ0n) is 11.7. The maximum absolute atomic E-state index is 11.9. The first kappa shape index (κ1) is 15.3. The second-order valence-corrected chi connectivity index (χ2v) is 5.39. The Kier molecular flexibility index (Phi) is 3.89. The van der Waals surface area contributed by atoms with E-state index >= 15 is 0 Å². The Morgan fingerprint density at radius 1 is 1.39 bits per heavy atom. The number of ether oxygens (including phenoxy) is 1. The van der Waals surface area contributed by atoms with E-state index in [0.29, 0.717) is 10.9 Å². The van der Waals surface area contributed by atoms with Crippen LogP contribution in [-0.2, 0) is 14.3 Å². The van der Waals surface area contributed by atoms with Gasteiger partial charge in [0.05, 0.1) is 17.4 Å². The molecule has 3 rings (SSSR count). The lowest BCUT2D eigenvalue weighted by Gasteiger charge is -2.21. The summed E-state index contributed by atoms with van der Waals surface area (Å²) in [5, 5.41) is 3.89. The number of rotatable bonds is 3. The Labute approximate surface area is 135 Å². The van der Waals surface area contributed by atoms with Gasteiger partial charge in [-0.2, -0.15) is 0 Å². The second-order valence-electron chi connectivity index (χ2n) is 4.76. The fourth-order valence-electron chi connectivity index (χ4n) is 2.05. The molecule has 118 valence electrons. The fourth-order valence-corrected chi connectivity index (χ4v) is 2.34. The van der Waals surface area contributed by atoms with Crippen molar-refractivity contribution < 1.29 is 14.3 Å². The molecule has 0 saturated carbocycles. The number of nitrogens with zero attached hydrogens (tertiary/aromatic N) is 1. The Morgan fingerprint density at radius 3 is 2.91 bits per heavy atom. The van der Waals surface area contributed by atoms with Crippen LogP contribution in [0.1, 0.15) is 5.82 Å². The number of thiol groups is 1. The maximum Gasteiger partial charge on any atom is 0.323 e. The molecule has 1 saturated heterocycles. The molecule has 8 nitrogen and oxygen atoms in total. The van der Waals surface area contributed by atoms with E-state index < -0.39 is 17.1 Å². The third-order valence-corrected chi connectivity index (χ3v) is 3.41. The molecule has 1 aromatic carbocycles. The molecule has 1 aromatic heterocycles. The van der Waals surface area contributed by atoms with Crippen LogP contribution in [0.3, 0.4) is 0 Å². The number of hydrogen-bond acceptors (Lipinski definition) is 7. The number of cyclic esters (lactones) is 1. The number of esters is 1. The predicted octanol–water partition coefficient (Wildman–Crippen LogP) is -0.260. The average molecular weight is 332 g/mol. The molecule has 1 aliphatic rings. The average Bonchev–Trinajstić information content (AvgIpc) is 2.84. The number of aromatic amines is 1. The molecule has 1 amide bonds. The van der Waals surface area contributed by atoms with Crippen LogP contribution in [0.25, 0.3) is 17.0 Å². The number of aromatic nitrogens is 2. The molecule has 1 aliphatic heterocycles. The first-order chi connectivity index (χ1) is 11.0. The molecular formula is C14H12N4O4S. The highest BCUT2D eigenvalue weighted by Crippen LogP contribution is 2.14. The van der Waals surface area contributed by atoms with Crippen molar-refractivity contribution in [1.82, 2.24) is 20.6 Å². The van der Waals surface area contributed by atoms with Crippen molar-refractivity contribution >= 4 is 41.5 Å². The molecule has 0 aliphatic carbocycles. The van der Waals surface area contributed by atoms with Crippen LogP contribution >= 0.6 is 12.6 Å². The summed E-state index contributed by atoms with van der Waals surface area (Å²) in [6, 6.07) is 6.86. The van der Waals surface area contributed by atoms with Crippen molar-refractivity contribution in [3.05, 3.63) is 46.5 Å². The van der Waals surface area contributed by atoms with Gasteiger partial charge >= 0.3 is 5.97 Å². The monoisotopic (exact) mass is 332 g/mol. The first-order valence-corrected chi connectivity index (χ1v) is 7.08. The molecule has 9 heteroatoms. The van der Waals surface area contributed by atoms with Crippen molar-refractivity contribution in [3.63, 3.8) is 0 Å². The number of carbonyl (C=O) groups excluding carboxylic acids is 2. The standard InChI is InChI=1S/C14H12N4O4S/c19-11(18-14(23)15-7-12(20)22-14)6-5-10-16-9-4-2-1-3-8(9)13(21)17-10/h1-6,15,23H,7H2,(H,18,19)(H,16,17,21)/b6-5-. The van der Waals surface area contributed by atoms with Gasteiger partial charge in [-0.25, -0.2) is 10.3 Å². The number of benzene rings is 1. The van der Waals surface area contributed by atoms with Gasteiger partial charge in [0.2, 0.25) is 5.91 Å². The summed E-state index contributed by atoms with van der Waals surface area (Å²) in [4.78, 5) is 41.6. The summed E-state index contributed by atoms with van der Waals surface area (Å²) >= 11 is 4.03. The fraction of sp³-hybridized carbons (Fsp3) is 0.143. The van der Waals surface area contributed by atoms with Crippen molar-refractivity contribution in [3.8, 4) is 0 Å². The van der Waals surface area contributed by atoms with E-state index in [1.807, 2.05) is 0 Å². The number of H-pyrrole nitrogens is 1. The van der Waals surface area contributed by atoms with Crippen LogP contribution < -0.4 is 16.2 Å². The highest BCUT2D eigenvalue weighted by Gasteiger charge is 2.37. The van der Waals surface area contributed by atoms with E-state index in [1.54, 1.807) is 24.3 Å². The number of nitrogens with one attached hydrogen (secondary N) is 3. The lowest BCUT2D eigenvalue weighted by Crippen LogP contribution is -2.51. The van der Waals surface area contributed by atoms with E-state index in [-0.39, 0.29) is 17.9 Å². The summed E-state index contributed by atoms with van der Waals surface area (Å²) in [6.45, 7) is -0.0486. The lowest BCUT2D eigenvalue weighted by atomic mass is 10.2. The van der Waals surface area contributed by atoms with E-state index in [9.17, 15) is 14.4 Å². The quantitative estimate of drug-likeness (QED) is 0.267. The van der Waals surface area contributed by atoms with Crippen LogP contribution in [0.5, 0.6) is 0 Å². The number of para-hydroxylation sites is 1. The normalized spacial score (nSPS) is 20.8. The lowest BCUT2D eigenvalue weighted by molar-refractivity contribution is -0.144. The third-order valence-electron chi connectivity index (χ3n) is 3.05. The number of hydrogen-bond donors (Lipinski definition) is 4. The minimum absolute atomic E-state index is 0.0486. The molecular weight excluding hydrogens is 320 g/mol. The Morgan fingerprint density at radius 2 is 2.17 bits per heavy atom. The highest BCUT2D eigenvalue weighted by molar-refractivity contribution is 7.81. The molecule has 0 spiro atoms. The van der Waals surface area contributed by atoms with Crippen LogP contribution in [-0.4, -0.2) is 33.6 Å². The highest BCUT2D eigenvalue weighted by atomic mass is 32.1. The van der Waals surface area contributed by atoms with Gasteiger partial charge in [-0.15, -0.1) is 0 Å². The molecule has 1 unspecified atom stereocenters. The topological polar surface area (TPSA) is 113 Å². The van der Waals surface area contributed by atoms with Crippen molar-refractivity contribution in [2.45, 2.75) is 5.18 Å². The summed E-state index contributed by atoms with van der Waals surface area (Å²) in [5.74, 6) is -0.865. The number of fused-ring (bicyclic) bond motifs is 1. The zero-order chi connectivity index (χ0) is 16.4. The summed E-state index contributed by atoms with van der Waals surface area (Å²) in [7, 11) is 0. The van der Waals surface area contributed by atoms with E-state index in [0.717, 1.165) is 6.08 Å². The van der Waals surface area contributed by atoms with E-state index in [1.165, 1.54) is 6.08 Å². The molecule has 0 bridgehead atoms.